The van der Waals surface area contributed by atoms with Gasteiger partial charge in [0.05, 0.1) is 0 Å². The quantitative estimate of drug-likeness (QED) is 0.794. The van der Waals surface area contributed by atoms with Crippen molar-refractivity contribution in [1.29, 1.82) is 0 Å². The van der Waals surface area contributed by atoms with E-state index in [-0.39, 0.29) is 5.69 Å². The van der Waals surface area contributed by atoms with Crippen molar-refractivity contribution in [2.24, 2.45) is 0 Å². The third-order valence-corrected chi connectivity index (χ3v) is 4.02. The summed E-state index contributed by atoms with van der Waals surface area (Å²) in [4.78, 5) is 24.8. The summed E-state index contributed by atoms with van der Waals surface area (Å²) < 4.78 is 1.17. The van der Waals surface area contributed by atoms with Crippen LogP contribution in [0.2, 0.25) is 5.02 Å². The molecule has 1 N–H and O–H groups in total. The molecule has 0 aliphatic carbocycles. The van der Waals surface area contributed by atoms with Gasteiger partial charge in [0.2, 0.25) is 0 Å². The molecular formula is C18H15ClN2O3. The van der Waals surface area contributed by atoms with Gasteiger partial charge in [-0.15, -0.1) is 0 Å². The molecular weight excluding hydrogens is 328 g/mol. The smallest absolute Gasteiger partial charge is 0.355 e. The van der Waals surface area contributed by atoms with Crippen LogP contribution in [-0.4, -0.2) is 29.8 Å². The maximum Gasteiger partial charge on any atom is 0.355 e. The van der Waals surface area contributed by atoms with Gasteiger partial charge in [0.1, 0.15) is 0 Å². The van der Waals surface area contributed by atoms with Crippen molar-refractivity contribution in [3.8, 4) is 11.1 Å². The zero-order valence-corrected chi connectivity index (χ0v) is 13.9. The van der Waals surface area contributed by atoms with Crippen LogP contribution >= 0.6 is 11.6 Å². The molecule has 0 spiro atoms. The van der Waals surface area contributed by atoms with Crippen LogP contribution in [-0.2, 0) is 0 Å². The van der Waals surface area contributed by atoms with Gasteiger partial charge in [-0.05, 0) is 29.1 Å². The van der Waals surface area contributed by atoms with E-state index in [1.54, 1.807) is 32.3 Å². The molecule has 0 radical (unpaired) electrons. The molecule has 0 bridgehead atoms. The lowest BCUT2D eigenvalue weighted by atomic mass is 9.97. The summed E-state index contributed by atoms with van der Waals surface area (Å²) in [6.07, 6.45) is 0. The van der Waals surface area contributed by atoms with Gasteiger partial charge in [-0.25, -0.2) is 9.47 Å². The van der Waals surface area contributed by atoms with Gasteiger partial charge < -0.3 is 10.1 Å². The van der Waals surface area contributed by atoms with Crippen LogP contribution in [0.4, 0.5) is 0 Å². The highest BCUT2D eigenvalue weighted by atomic mass is 35.5. The van der Waals surface area contributed by atoms with Gasteiger partial charge in [-0.2, -0.15) is 0 Å². The lowest BCUT2D eigenvalue weighted by molar-refractivity contribution is 0.0684. The van der Waals surface area contributed by atoms with Gasteiger partial charge in [0, 0.05) is 30.1 Å². The number of hydrogen-bond acceptors (Lipinski definition) is 3. The second-order valence-corrected chi connectivity index (χ2v) is 5.99. The molecule has 0 atom stereocenters. The standard InChI is InChI=1S/C18H15ClN2O3/c1-20(2)21-16(18(23)24)15(11-6-4-3-5-7-11)14-10-12(19)8-9-13(14)17(21)22/h3-10H,1-2H3,(H,23,24). The summed E-state index contributed by atoms with van der Waals surface area (Å²) in [6, 6.07) is 14.0. The van der Waals surface area contributed by atoms with E-state index in [1.165, 1.54) is 9.69 Å². The number of benzene rings is 2. The van der Waals surface area contributed by atoms with Crippen molar-refractivity contribution >= 4 is 28.3 Å². The topological polar surface area (TPSA) is 62.5 Å². The summed E-state index contributed by atoms with van der Waals surface area (Å²) in [5.74, 6) is -1.18. The molecule has 1 heterocycles. The Morgan fingerprint density at radius 1 is 1.08 bits per heavy atom. The number of halogens is 1. The highest BCUT2D eigenvalue weighted by molar-refractivity contribution is 6.31. The first-order valence-corrected chi connectivity index (χ1v) is 7.64. The van der Waals surface area contributed by atoms with E-state index in [0.717, 1.165) is 0 Å². The summed E-state index contributed by atoms with van der Waals surface area (Å²) in [5, 5.41) is 12.6. The summed E-state index contributed by atoms with van der Waals surface area (Å²) in [7, 11) is 3.26. The third kappa shape index (κ3) is 2.53. The second-order valence-electron chi connectivity index (χ2n) is 5.55. The van der Waals surface area contributed by atoms with Crippen LogP contribution < -0.4 is 10.6 Å². The van der Waals surface area contributed by atoms with E-state index in [2.05, 4.69) is 0 Å². The molecule has 24 heavy (non-hydrogen) atoms. The minimum absolute atomic E-state index is 0.0917. The van der Waals surface area contributed by atoms with E-state index in [4.69, 9.17) is 11.6 Å². The number of aromatic nitrogens is 1. The van der Waals surface area contributed by atoms with E-state index in [1.807, 2.05) is 30.3 Å². The van der Waals surface area contributed by atoms with Crippen molar-refractivity contribution in [2.45, 2.75) is 0 Å². The molecule has 0 aliphatic heterocycles. The molecule has 0 fully saturated rings. The third-order valence-electron chi connectivity index (χ3n) is 3.79. The highest BCUT2D eigenvalue weighted by Crippen LogP contribution is 2.32. The molecule has 0 saturated carbocycles. The molecule has 2 aromatic carbocycles. The summed E-state index contributed by atoms with van der Waals surface area (Å²) in [6.45, 7) is 0. The Labute approximate surface area is 143 Å². The summed E-state index contributed by atoms with van der Waals surface area (Å²) >= 11 is 6.10. The molecule has 0 aliphatic rings. The normalized spacial score (nSPS) is 10.8. The van der Waals surface area contributed by atoms with E-state index >= 15 is 0 Å². The number of fused-ring (bicyclic) bond motifs is 1. The van der Waals surface area contributed by atoms with E-state index in [0.29, 0.717) is 26.9 Å². The first-order valence-electron chi connectivity index (χ1n) is 7.26. The number of pyridine rings is 1. The molecule has 0 unspecified atom stereocenters. The lowest BCUT2D eigenvalue weighted by Gasteiger charge is -2.22. The fourth-order valence-electron chi connectivity index (χ4n) is 2.84. The zero-order valence-electron chi connectivity index (χ0n) is 13.2. The number of rotatable bonds is 3. The van der Waals surface area contributed by atoms with Crippen molar-refractivity contribution in [3.63, 3.8) is 0 Å². The summed E-state index contributed by atoms with van der Waals surface area (Å²) in [5.41, 5.74) is 0.682. The predicted molar refractivity (Wildman–Crippen MR) is 95.7 cm³/mol. The zero-order chi connectivity index (χ0) is 17.4. The number of carbonyl (C=O) groups is 1. The molecule has 6 heteroatoms. The highest BCUT2D eigenvalue weighted by Gasteiger charge is 2.24. The van der Waals surface area contributed by atoms with E-state index in [9.17, 15) is 14.7 Å². The van der Waals surface area contributed by atoms with Crippen LogP contribution in [0.1, 0.15) is 10.5 Å². The Kier molecular flexibility index (Phi) is 4.03. The SMILES string of the molecule is CN(C)n1c(C(=O)O)c(-c2ccccc2)c2cc(Cl)ccc2c1=O. The predicted octanol–water partition coefficient (Wildman–Crippen LogP) is 3.22. The van der Waals surface area contributed by atoms with Gasteiger partial charge in [-0.3, -0.25) is 4.79 Å². The number of hydrogen-bond donors (Lipinski definition) is 1. The van der Waals surface area contributed by atoms with Crippen molar-refractivity contribution in [3.05, 3.63) is 69.6 Å². The largest absolute Gasteiger partial charge is 0.476 e. The maximum absolute atomic E-state index is 12.8. The van der Waals surface area contributed by atoms with Gasteiger partial charge in [-0.1, -0.05) is 41.9 Å². The van der Waals surface area contributed by atoms with Crippen LogP contribution in [0.3, 0.4) is 0 Å². The van der Waals surface area contributed by atoms with E-state index < -0.39 is 11.5 Å². The Morgan fingerprint density at radius 3 is 2.33 bits per heavy atom. The van der Waals surface area contributed by atoms with Crippen LogP contribution in [0.15, 0.2) is 53.3 Å². The number of carboxylic acids is 1. The second kappa shape index (κ2) is 6.02. The molecule has 5 nitrogen and oxygen atoms in total. The van der Waals surface area contributed by atoms with Crippen LogP contribution in [0.5, 0.6) is 0 Å². The van der Waals surface area contributed by atoms with Crippen molar-refractivity contribution in [2.75, 3.05) is 19.1 Å². The van der Waals surface area contributed by atoms with Crippen molar-refractivity contribution in [1.82, 2.24) is 4.68 Å². The first kappa shape index (κ1) is 16.1. The van der Waals surface area contributed by atoms with Crippen molar-refractivity contribution < 1.29 is 9.90 Å². The van der Waals surface area contributed by atoms with Gasteiger partial charge >= 0.3 is 5.97 Å². The molecule has 0 amide bonds. The Bertz CT molecular complexity index is 995. The monoisotopic (exact) mass is 342 g/mol. The Hall–Kier alpha value is -2.79. The number of nitrogens with zero attached hydrogens (tertiary/aromatic N) is 2. The number of aromatic carboxylic acids is 1. The average Bonchev–Trinajstić information content (AvgIpc) is 2.54. The molecule has 0 saturated heterocycles. The maximum atomic E-state index is 12.8. The Morgan fingerprint density at radius 2 is 1.75 bits per heavy atom. The fraction of sp³-hybridized carbons (Fsp3) is 0.111. The van der Waals surface area contributed by atoms with Gasteiger partial charge in [0.15, 0.2) is 5.69 Å². The molecule has 3 aromatic rings. The average molecular weight is 343 g/mol. The lowest BCUT2D eigenvalue weighted by Crippen LogP contribution is -2.40. The molecule has 3 rings (SSSR count). The molecule has 1 aromatic heterocycles. The van der Waals surface area contributed by atoms with Crippen LogP contribution in [0.25, 0.3) is 21.9 Å². The molecule has 122 valence electrons. The number of carboxylic acid groups (broad SMARTS) is 1. The van der Waals surface area contributed by atoms with Crippen LogP contribution in [0, 0.1) is 0 Å². The Balaban J connectivity index is 2.62. The minimum Gasteiger partial charge on any atom is -0.476 e. The van der Waals surface area contributed by atoms with Gasteiger partial charge in [0.25, 0.3) is 5.56 Å². The minimum atomic E-state index is -1.18. The first-order chi connectivity index (χ1) is 11.4. The fourth-order valence-corrected chi connectivity index (χ4v) is 3.01.